The van der Waals surface area contributed by atoms with E-state index in [1.807, 2.05) is 12.1 Å². The predicted octanol–water partition coefficient (Wildman–Crippen LogP) is 3.41. The molecule has 1 unspecified atom stereocenters. The smallest absolute Gasteiger partial charge is 0.128 e. The van der Waals surface area contributed by atoms with Crippen LogP contribution in [-0.2, 0) is 6.54 Å². The van der Waals surface area contributed by atoms with Crippen molar-refractivity contribution in [2.75, 3.05) is 26.2 Å². The van der Waals surface area contributed by atoms with Gasteiger partial charge < -0.3 is 5.32 Å². The van der Waals surface area contributed by atoms with Crippen LogP contribution in [0.15, 0.2) is 22.7 Å². The highest BCUT2D eigenvalue weighted by Gasteiger charge is 2.17. The Morgan fingerprint density at radius 1 is 1.47 bits per heavy atom. The molecule has 0 aromatic heterocycles. The van der Waals surface area contributed by atoms with E-state index in [0.717, 1.165) is 36.2 Å². The van der Waals surface area contributed by atoms with Crippen LogP contribution in [-0.4, -0.2) is 31.1 Å². The normalized spacial score (nSPS) is 19.9. The van der Waals surface area contributed by atoms with Crippen LogP contribution < -0.4 is 5.32 Å². The summed E-state index contributed by atoms with van der Waals surface area (Å²) in [6, 6.07) is 5.33. The lowest BCUT2D eigenvalue weighted by Crippen LogP contribution is -2.38. The van der Waals surface area contributed by atoms with Gasteiger partial charge in [0.25, 0.3) is 0 Å². The Kier molecular flexibility index (Phi) is 5.79. The van der Waals surface area contributed by atoms with Gasteiger partial charge in [0.05, 0.1) is 0 Å². The molecule has 0 amide bonds. The van der Waals surface area contributed by atoms with E-state index >= 15 is 0 Å². The first-order valence-corrected chi connectivity index (χ1v) is 7.85. The van der Waals surface area contributed by atoms with E-state index < -0.39 is 0 Å². The molecule has 2 nitrogen and oxygen atoms in total. The number of benzene rings is 1. The van der Waals surface area contributed by atoms with E-state index in [9.17, 15) is 4.39 Å². The lowest BCUT2D eigenvalue weighted by atomic mass is 9.99. The molecule has 1 atom stereocenters. The number of nitrogens with one attached hydrogen (secondary N) is 1. The molecule has 1 fully saturated rings. The minimum absolute atomic E-state index is 0.116. The molecule has 1 saturated heterocycles. The zero-order valence-electron chi connectivity index (χ0n) is 11.5. The molecule has 1 aromatic carbocycles. The highest BCUT2D eigenvalue weighted by Crippen LogP contribution is 2.18. The second-order valence-electron chi connectivity index (χ2n) is 5.28. The summed E-state index contributed by atoms with van der Waals surface area (Å²) >= 11 is 3.30. The summed E-state index contributed by atoms with van der Waals surface area (Å²) in [7, 11) is 0. The van der Waals surface area contributed by atoms with Crippen molar-refractivity contribution < 1.29 is 4.39 Å². The monoisotopic (exact) mass is 328 g/mol. The Morgan fingerprint density at radius 2 is 2.32 bits per heavy atom. The Labute approximate surface area is 123 Å². The van der Waals surface area contributed by atoms with Crippen LogP contribution in [0.5, 0.6) is 0 Å². The van der Waals surface area contributed by atoms with Gasteiger partial charge in [0.2, 0.25) is 0 Å². The SMILES string of the molecule is CCN(Cc1ccc(Br)cc1F)CC1CCCNC1. The fourth-order valence-corrected chi connectivity index (χ4v) is 2.97. The first-order valence-electron chi connectivity index (χ1n) is 7.06. The molecule has 0 saturated carbocycles. The quantitative estimate of drug-likeness (QED) is 0.891. The summed E-state index contributed by atoms with van der Waals surface area (Å²) in [5.74, 6) is 0.585. The number of piperidine rings is 1. The van der Waals surface area contributed by atoms with Crippen LogP contribution >= 0.6 is 15.9 Å². The molecular formula is C15H22BrFN2. The maximum Gasteiger partial charge on any atom is 0.128 e. The van der Waals surface area contributed by atoms with Gasteiger partial charge in [-0.2, -0.15) is 0 Å². The Bertz CT molecular complexity index is 405. The Hall–Kier alpha value is -0.450. The largest absolute Gasteiger partial charge is 0.316 e. The molecule has 0 aliphatic carbocycles. The third kappa shape index (κ3) is 4.55. The van der Waals surface area contributed by atoms with Gasteiger partial charge >= 0.3 is 0 Å². The van der Waals surface area contributed by atoms with Crippen molar-refractivity contribution in [3.63, 3.8) is 0 Å². The van der Waals surface area contributed by atoms with Crippen LogP contribution in [0, 0.1) is 11.7 Å². The number of halogens is 2. The van der Waals surface area contributed by atoms with Crippen molar-refractivity contribution in [1.29, 1.82) is 0 Å². The first-order chi connectivity index (χ1) is 9.19. The van der Waals surface area contributed by atoms with Crippen LogP contribution in [0.1, 0.15) is 25.3 Å². The third-order valence-electron chi connectivity index (χ3n) is 3.77. The molecule has 0 bridgehead atoms. The van der Waals surface area contributed by atoms with Gasteiger partial charge in [0, 0.05) is 23.1 Å². The van der Waals surface area contributed by atoms with Gasteiger partial charge in [-0.15, -0.1) is 0 Å². The third-order valence-corrected chi connectivity index (χ3v) is 4.26. The van der Waals surface area contributed by atoms with Gasteiger partial charge in [-0.1, -0.05) is 28.9 Å². The van der Waals surface area contributed by atoms with E-state index in [1.54, 1.807) is 6.07 Å². The maximum absolute atomic E-state index is 13.9. The fraction of sp³-hybridized carbons (Fsp3) is 0.600. The molecule has 1 N–H and O–H groups in total. The van der Waals surface area contributed by atoms with Gasteiger partial charge in [-0.25, -0.2) is 4.39 Å². The molecule has 19 heavy (non-hydrogen) atoms. The molecule has 0 spiro atoms. The summed E-state index contributed by atoms with van der Waals surface area (Å²) in [6.07, 6.45) is 2.54. The van der Waals surface area contributed by atoms with E-state index in [2.05, 4.69) is 33.1 Å². The van der Waals surface area contributed by atoms with Gasteiger partial charge in [-0.05, 0) is 50.5 Å². The zero-order chi connectivity index (χ0) is 13.7. The van der Waals surface area contributed by atoms with E-state index in [-0.39, 0.29) is 5.82 Å². The van der Waals surface area contributed by atoms with Crippen LogP contribution in [0.4, 0.5) is 4.39 Å². The molecular weight excluding hydrogens is 307 g/mol. The van der Waals surface area contributed by atoms with Crippen molar-refractivity contribution in [2.24, 2.45) is 5.92 Å². The number of rotatable bonds is 5. The summed E-state index contributed by atoms with van der Waals surface area (Å²) in [5.41, 5.74) is 0.786. The number of hydrogen-bond donors (Lipinski definition) is 1. The Balaban J connectivity index is 1.94. The van der Waals surface area contributed by atoms with Gasteiger partial charge in [0.15, 0.2) is 0 Å². The molecule has 106 valence electrons. The summed E-state index contributed by atoms with van der Waals surface area (Å²) in [5, 5.41) is 3.44. The summed E-state index contributed by atoms with van der Waals surface area (Å²) in [4.78, 5) is 2.34. The van der Waals surface area contributed by atoms with Crippen molar-refractivity contribution in [3.05, 3.63) is 34.1 Å². The molecule has 4 heteroatoms. The average Bonchev–Trinajstić information content (AvgIpc) is 2.42. The second-order valence-corrected chi connectivity index (χ2v) is 6.19. The maximum atomic E-state index is 13.9. The first kappa shape index (κ1) is 14.9. The van der Waals surface area contributed by atoms with E-state index in [0.29, 0.717) is 12.5 Å². The topological polar surface area (TPSA) is 15.3 Å². The number of nitrogens with zero attached hydrogens (tertiary/aromatic N) is 1. The zero-order valence-corrected chi connectivity index (χ0v) is 13.0. The van der Waals surface area contributed by atoms with E-state index in [1.165, 1.54) is 12.8 Å². The minimum atomic E-state index is -0.116. The number of hydrogen-bond acceptors (Lipinski definition) is 2. The summed E-state index contributed by atoms with van der Waals surface area (Å²) in [6.45, 7) is 7.10. The van der Waals surface area contributed by atoms with Gasteiger partial charge in [0.1, 0.15) is 5.82 Å². The molecule has 1 aromatic rings. The minimum Gasteiger partial charge on any atom is -0.316 e. The summed E-state index contributed by atoms with van der Waals surface area (Å²) < 4.78 is 14.7. The average molecular weight is 329 g/mol. The predicted molar refractivity (Wildman–Crippen MR) is 80.6 cm³/mol. The molecule has 0 radical (unpaired) electrons. The molecule has 1 aliphatic heterocycles. The molecule has 1 heterocycles. The van der Waals surface area contributed by atoms with Crippen molar-refractivity contribution in [2.45, 2.75) is 26.3 Å². The fourth-order valence-electron chi connectivity index (χ4n) is 2.64. The van der Waals surface area contributed by atoms with Crippen LogP contribution in [0.25, 0.3) is 0 Å². The molecule has 1 aliphatic rings. The lowest BCUT2D eigenvalue weighted by Gasteiger charge is -2.29. The second kappa shape index (κ2) is 7.36. The molecule has 2 rings (SSSR count). The Morgan fingerprint density at radius 3 is 2.95 bits per heavy atom. The van der Waals surface area contributed by atoms with Crippen molar-refractivity contribution in [3.8, 4) is 0 Å². The van der Waals surface area contributed by atoms with Gasteiger partial charge in [-0.3, -0.25) is 4.90 Å². The van der Waals surface area contributed by atoms with Crippen molar-refractivity contribution in [1.82, 2.24) is 10.2 Å². The highest BCUT2D eigenvalue weighted by atomic mass is 79.9. The van der Waals surface area contributed by atoms with Crippen molar-refractivity contribution >= 4 is 15.9 Å². The highest BCUT2D eigenvalue weighted by molar-refractivity contribution is 9.10. The van der Waals surface area contributed by atoms with Crippen LogP contribution in [0.2, 0.25) is 0 Å². The lowest BCUT2D eigenvalue weighted by molar-refractivity contribution is 0.207. The van der Waals surface area contributed by atoms with E-state index in [4.69, 9.17) is 0 Å². The standard InChI is InChI=1S/C15H22BrFN2/c1-2-19(10-12-4-3-7-18-9-12)11-13-5-6-14(16)8-15(13)17/h5-6,8,12,18H,2-4,7,9-11H2,1H3. The van der Waals surface area contributed by atoms with Crippen LogP contribution in [0.3, 0.4) is 0 Å².